The molecule has 2 aromatic rings. The molecule has 0 aliphatic heterocycles. The first-order chi connectivity index (χ1) is 8.29. The highest BCUT2D eigenvalue weighted by atomic mass is 79.9. The largest absolute Gasteiger partial charge is 0.264 e. The van der Waals surface area contributed by atoms with E-state index in [1.54, 1.807) is 12.4 Å². The Morgan fingerprint density at radius 1 is 1.24 bits per heavy atom. The lowest BCUT2D eigenvalue weighted by Gasteiger charge is -2.08. The zero-order chi connectivity index (χ0) is 12.1. The maximum absolute atomic E-state index is 10.9. The summed E-state index contributed by atoms with van der Waals surface area (Å²) in [5, 5.41) is 3.17. The average molecular weight is 291 g/mol. The first-order valence-electron chi connectivity index (χ1n) is 5.26. The van der Waals surface area contributed by atoms with Crippen molar-refractivity contribution < 1.29 is 0 Å². The van der Waals surface area contributed by atoms with E-state index in [1.165, 1.54) is 0 Å². The fourth-order valence-electron chi connectivity index (χ4n) is 1.63. The van der Waals surface area contributed by atoms with Crippen LogP contribution in [0, 0.1) is 4.91 Å². The molecule has 0 saturated carbocycles. The van der Waals surface area contributed by atoms with Gasteiger partial charge < -0.3 is 0 Å². The van der Waals surface area contributed by atoms with E-state index in [9.17, 15) is 4.91 Å². The van der Waals surface area contributed by atoms with E-state index in [1.807, 2.05) is 36.4 Å². The lowest BCUT2D eigenvalue weighted by atomic mass is 10.0. The Balaban J connectivity index is 2.16. The highest BCUT2D eigenvalue weighted by Gasteiger charge is 2.12. The van der Waals surface area contributed by atoms with E-state index < -0.39 is 0 Å². The monoisotopic (exact) mass is 290 g/mol. The van der Waals surface area contributed by atoms with Crippen molar-refractivity contribution in [2.24, 2.45) is 5.18 Å². The summed E-state index contributed by atoms with van der Waals surface area (Å²) in [5.74, 6) is 0. The predicted octanol–water partition coefficient (Wildman–Crippen LogP) is 3.89. The van der Waals surface area contributed by atoms with Gasteiger partial charge in [0, 0.05) is 23.3 Å². The molecular formula is C13H11BrN2O. The Morgan fingerprint density at radius 3 is 2.59 bits per heavy atom. The second kappa shape index (κ2) is 5.68. The molecule has 3 nitrogen and oxygen atoms in total. The minimum atomic E-state index is -0.370. The van der Waals surface area contributed by atoms with Gasteiger partial charge in [-0.3, -0.25) is 4.98 Å². The van der Waals surface area contributed by atoms with Gasteiger partial charge in [-0.25, -0.2) is 0 Å². The maximum atomic E-state index is 10.9. The van der Waals surface area contributed by atoms with Crippen LogP contribution in [0.15, 0.2) is 58.4 Å². The molecule has 0 amide bonds. The number of pyridine rings is 1. The summed E-state index contributed by atoms with van der Waals surface area (Å²) in [6, 6.07) is 11.2. The van der Waals surface area contributed by atoms with Crippen molar-refractivity contribution in [3.63, 3.8) is 0 Å². The lowest BCUT2D eigenvalue weighted by Crippen LogP contribution is -1.99. The summed E-state index contributed by atoms with van der Waals surface area (Å²) in [4.78, 5) is 14.9. The van der Waals surface area contributed by atoms with Gasteiger partial charge in [-0.15, -0.1) is 0 Å². The number of benzene rings is 1. The Hall–Kier alpha value is -1.55. The summed E-state index contributed by atoms with van der Waals surface area (Å²) >= 11 is 3.38. The summed E-state index contributed by atoms with van der Waals surface area (Å²) < 4.78 is 1.03. The smallest absolute Gasteiger partial charge is 0.122 e. The molecule has 0 fully saturated rings. The van der Waals surface area contributed by atoms with Crippen LogP contribution >= 0.6 is 15.9 Å². The fraction of sp³-hybridized carbons (Fsp3) is 0.154. The van der Waals surface area contributed by atoms with Gasteiger partial charge in [0.1, 0.15) is 6.04 Å². The predicted molar refractivity (Wildman–Crippen MR) is 70.6 cm³/mol. The Morgan fingerprint density at radius 2 is 2.00 bits per heavy atom. The van der Waals surface area contributed by atoms with Crippen LogP contribution in [-0.4, -0.2) is 4.98 Å². The molecular weight excluding hydrogens is 280 g/mol. The molecule has 1 aromatic carbocycles. The molecule has 1 heterocycles. The van der Waals surface area contributed by atoms with Crippen molar-refractivity contribution in [3.05, 3.63) is 69.3 Å². The van der Waals surface area contributed by atoms with Gasteiger partial charge in [-0.2, -0.15) is 4.91 Å². The van der Waals surface area contributed by atoms with Crippen LogP contribution in [0.1, 0.15) is 17.2 Å². The van der Waals surface area contributed by atoms with E-state index in [-0.39, 0.29) is 6.04 Å². The number of aromatic nitrogens is 1. The summed E-state index contributed by atoms with van der Waals surface area (Å²) in [5.41, 5.74) is 1.94. The number of nitroso groups, excluding NO2 is 1. The maximum Gasteiger partial charge on any atom is 0.122 e. The summed E-state index contributed by atoms with van der Waals surface area (Å²) in [7, 11) is 0. The molecule has 86 valence electrons. The molecule has 0 saturated heterocycles. The van der Waals surface area contributed by atoms with Crippen molar-refractivity contribution in [3.8, 4) is 0 Å². The number of hydrogen-bond acceptors (Lipinski definition) is 3. The van der Waals surface area contributed by atoms with Crippen molar-refractivity contribution >= 4 is 15.9 Å². The quantitative estimate of drug-likeness (QED) is 0.802. The molecule has 1 unspecified atom stereocenters. The summed E-state index contributed by atoms with van der Waals surface area (Å²) in [6.07, 6.45) is 3.97. The number of rotatable bonds is 4. The number of nitrogens with zero attached hydrogens (tertiary/aromatic N) is 2. The third-order valence-electron chi connectivity index (χ3n) is 2.54. The van der Waals surface area contributed by atoms with Crippen LogP contribution in [0.4, 0.5) is 0 Å². The Kier molecular flexibility index (Phi) is 3.98. The van der Waals surface area contributed by atoms with Crippen LogP contribution in [0.3, 0.4) is 0 Å². The van der Waals surface area contributed by atoms with E-state index >= 15 is 0 Å². The van der Waals surface area contributed by atoms with E-state index in [0.717, 1.165) is 15.6 Å². The second-order valence-electron chi connectivity index (χ2n) is 3.74. The first kappa shape index (κ1) is 11.9. The molecule has 2 rings (SSSR count). The highest BCUT2D eigenvalue weighted by molar-refractivity contribution is 9.10. The molecule has 0 aliphatic rings. The van der Waals surface area contributed by atoms with E-state index in [0.29, 0.717) is 6.42 Å². The van der Waals surface area contributed by atoms with Crippen LogP contribution < -0.4 is 0 Å². The lowest BCUT2D eigenvalue weighted by molar-refractivity contribution is 0.714. The zero-order valence-electron chi connectivity index (χ0n) is 9.08. The first-order valence-corrected chi connectivity index (χ1v) is 6.06. The topological polar surface area (TPSA) is 42.3 Å². The van der Waals surface area contributed by atoms with Crippen molar-refractivity contribution in [1.29, 1.82) is 0 Å². The van der Waals surface area contributed by atoms with Gasteiger partial charge in [-0.05, 0) is 29.3 Å². The third-order valence-corrected chi connectivity index (χ3v) is 3.07. The van der Waals surface area contributed by atoms with Crippen molar-refractivity contribution in [2.45, 2.75) is 12.5 Å². The number of hydrogen-bond donors (Lipinski definition) is 0. The van der Waals surface area contributed by atoms with E-state index in [4.69, 9.17) is 0 Å². The van der Waals surface area contributed by atoms with Gasteiger partial charge in [0.05, 0.1) is 0 Å². The minimum absolute atomic E-state index is 0.370. The van der Waals surface area contributed by atoms with Crippen LogP contribution in [0.5, 0.6) is 0 Å². The van der Waals surface area contributed by atoms with Crippen molar-refractivity contribution in [2.75, 3.05) is 0 Å². The molecule has 1 aromatic heterocycles. The van der Waals surface area contributed by atoms with Gasteiger partial charge in [-0.1, -0.05) is 39.3 Å². The van der Waals surface area contributed by atoms with Crippen LogP contribution in [0.2, 0.25) is 0 Å². The third kappa shape index (κ3) is 3.20. The Bertz CT molecular complexity index is 485. The van der Waals surface area contributed by atoms with Crippen LogP contribution in [0.25, 0.3) is 0 Å². The van der Waals surface area contributed by atoms with Gasteiger partial charge in [0.15, 0.2) is 0 Å². The molecule has 0 aliphatic carbocycles. The van der Waals surface area contributed by atoms with Crippen molar-refractivity contribution in [1.82, 2.24) is 4.98 Å². The molecule has 17 heavy (non-hydrogen) atoms. The normalized spacial score (nSPS) is 12.1. The molecule has 4 heteroatoms. The molecule has 0 bridgehead atoms. The highest BCUT2D eigenvalue weighted by Crippen LogP contribution is 2.22. The second-order valence-corrected chi connectivity index (χ2v) is 4.65. The number of halogens is 1. The zero-order valence-corrected chi connectivity index (χ0v) is 10.7. The van der Waals surface area contributed by atoms with Crippen LogP contribution in [-0.2, 0) is 6.42 Å². The Labute approximate surface area is 108 Å². The van der Waals surface area contributed by atoms with E-state index in [2.05, 4.69) is 26.1 Å². The fourth-order valence-corrected chi connectivity index (χ4v) is 1.90. The standard InChI is InChI=1S/C13H11BrN2O/c14-12-5-3-10(4-6-12)8-13(16-17)11-2-1-7-15-9-11/h1-7,9,13H,8H2. The average Bonchev–Trinajstić information content (AvgIpc) is 2.39. The molecule has 0 radical (unpaired) electrons. The van der Waals surface area contributed by atoms with Gasteiger partial charge in [0.2, 0.25) is 0 Å². The molecule has 1 atom stereocenters. The minimum Gasteiger partial charge on any atom is -0.264 e. The molecule has 0 spiro atoms. The SMILES string of the molecule is O=NC(Cc1ccc(Br)cc1)c1cccnc1. The van der Waals surface area contributed by atoms with Gasteiger partial charge >= 0.3 is 0 Å². The van der Waals surface area contributed by atoms with Gasteiger partial charge in [0.25, 0.3) is 0 Å². The molecule has 0 N–H and O–H groups in total. The summed E-state index contributed by atoms with van der Waals surface area (Å²) in [6.45, 7) is 0.